The average molecular weight is 613 g/mol. The largest absolute Gasteiger partial charge is 0.463 e. The Hall–Kier alpha value is -1.99. The molecular formula is C37H56O7. The Balaban J connectivity index is 1.25. The highest BCUT2D eigenvalue weighted by molar-refractivity contribution is 5.94. The van der Waals surface area contributed by atoms with E-state index in [1.165, 1.54) is 57.9 Å². The lowest BCUT2D eigenvalue weighted by molar-refractivity contribution is -0.213. The second-order valence-electron chi connectivity index (χ2n) is 15.6. The molecule has 4 aliphatic carbocycles. The van der Waals surface area contributed by atoms with E-state index in [0.29, 0.717) is 17.6 Å². The van der Waals surface area contributed by atoms with Crippen LogP contribution in [-0.4, -0.2) is 48.9 Å². The van der Waals surface area contributed by atoms with Gasteiger partial charge in [-0.25, -0.2) is 0 Å². The van der Waals surface area contributed by atoms with Crippen molar-refractivity contribution in [1.82, 2.24) is 0 Å². The van der Waals surface area contributed by atoms with Crippen LogP contribution in [0.2, 0.25) is 0 Å². The minimum absolute atomic E-state index is 0.0272. The van der Waals surface area contributed by atoms with Crippen LogP contribution in [0.5, 0.6) is 0 Å². The van der Waals surface area contributed by atoms with Crippen molar-refractivity contribution in [2.24, 2.45) is 46.3 Å². The average Bonchev–Trinajstić information content (AvgIpc) is 3.30. The van der Waals surface area contributed by atoms with Gasteiger partial charge in [0, 0.05) is 19.8 Å². The number of carbonyl (C=O) groups is 3. The number of fused-ring (bicyclic) bond motifs is 5. The molecule has 11 atom stereocenters. The van der Waals surface area contributed by atoms with Gasteiger partial charge in [0.05, 0.1) is 6.10 Å². The van der Waals surface area contributed by atoms with Gasteiger partial charge in [-0.3, -0.25) is 14.4 Å². The van der Waals surface area contributed by atoms with E-state index in [2.05, 4.69) is 34.6 Å². The second-order valence-corrected chi connectivity index (χ2v) is 15.6. The van der Waals surface area contributed by atoms with E-state index in [1.807, 2.05) is 6.08 Å². The van der Waals surface area contributed by atoms with Gasteiger partial charge in [-0.1, -0.05) is 59.5 Å². The molecule has 2 unspecified atom stereocenters. The molecule has 0 radical (unpaired) electrons. The molecule has 3 fully saturated rings. The molecule has 0 amide bonds. The van der Waals surface area contributed by atoms with Crippen molar-refractivity contribution in [2.75, 3.05) is 6.61 Å². The quantitative estimate of drug-likeness (QED) is 0.188. The number of esters is 2. The first-order valence-corrected chi connectivity index (χ1v) is 17.4. The van der Waals surface area contributed by atoms with E-state index in [4.69, 9.17) is 18.9 Å². The first-order valence-electron chi connectivity index (χ1n) is 17.4. The van der Waals surface area contributed by atoms with Crippen molar-refractivity contribution in [3.8, 4) is 0 Å². The number of allylic oxidation sites excluding steroid dienone is 1. The zero-order valence-electron chi connectivity index (χ0n) is 28.1. The van der Waals surface area contributed by atoms with Gasteiger partial charge in [-0.05, 0) is 104 Å². The van der Waals surface area contributed by atoms with Gasteiger partial charge in [-0.15, -0.1) is 0 Å². The lowest BCUT2D eigenvalue weighted by Gasteiger charge is -2.57. The molecule has 0 aromatic carbocycles. The fourth-order valence-corrected chi connectivity index (χ4v) is 10.0. The van der Waals surface area contributed by atoms with Crippen molar-refractivity contribution in [3.63, 3.8) is 0 Å². The third-order valence-electron chi connectivity index (χ3n) is 12.3. The molecule has 0 aromatic heterocycles. The van der Waals surface area contributed by atoms with Gasteiger partial charge in [0.1, 0.15) is 18.8 Å². The number of ketones is 1. The summed E-state index contributed by atoms with van der Waals surface area (Å²) >= 11 is 0. The lowest BCUT2D eigenvalue weighted by Crippen LogP contribution is -2.54. The summed E-state index contributed by atoms with van der Waals surface area (Å²) in [7, 11) is 0. The molecule has 5 rings (SSSR count). The van der Waals surface area contributed by atoms with E-state index in [-0.39, 0.29) is 29.5 Å². The zero-order chi connectivity index (χ0) is 31.8. The number of rotatable bonds is 10. The molecule has 3 saturated carbocycles. The fraction of sp³-hybridized carbons (Fsp3) is 0.811. The Morgan fingerprint density at radius 2 is 1.75 bits per heavy atom. The van der Waals surface area contributed by atoms with Crippen LogP contribution in [0.3, 0.4) is 0 Å². The summed E-state index contributed by atoms with van der Waals surface area (Å²) < 4.78 is 23.0. The van der Waals surface area contributed by atoms with Crippen LogP contribution >= 0.6 is 0 Å². The Morgan fingerprint density at radius 1 is 0.977 bits per heavy atom. The predicted octanol–water partition coefficient (Wildman–Crippen LogP) is 7.37. The van der Waals surface area contributed by atoms with Crippen LogP contribution in [-0.2, 0) is 33.3 Å². The Bertz CT molecular complexity index is 1140. The van der Waals surface area contributed by atoms with Crippen molar-refractivity contribution in [3.05, 3.63) is 23.8 Å². The maximum absolute atomic E-state index is 14.0. The number of hydrogen-bond acceptors (Lipinski definition) is 7. The summed E-state index contributed by atoms with van der Waals surface area (Å²) in [6.45, 7) is 14.7. The SMILES string of the molecule is CC(=O)OC[C@H]1OC(OC2CC[C@@]3(C)C(=CC(=O)[C@H]4[C@@H]5CC[C@H]([C@H](C)CCCC(C)C)[C@@]5(C)CC[C@@H]43)C2)C=C[C@@H]1OC(C)=O. The van der Waals surface area contributed by atoms with E-state index in [1.54, 1.807) is 12.2 Å². The third kappa shape index (κ3) is 6.74. The Labute approximate surface area is 264 Å². The van der Waals surface area contributed by atoms with Gasteiger partial charge in [0.25, 0.3) is 0 Å². The Morgan fingerprint density at radius 3 is 2.45 bits per heavy atom. The van der Waals surface area contributed by atoms with Crippen LogP contribution in [0.4, 0.5) is 0 Å². The molecule has 0 bridgehead atoms. The van der Waals surface area contributed by atoms with Crippen LogP contribution in [0, 0.1) is 46.3 Å². The third-order valence-corrected chi connectivity index (χ3v) is 12.3. The summed E-state index contributed by atoms with van der Waals surface area (Å²) in [5.74, 6) is 2.77. The summed E-state index contributed by atoms with van der Waals surface area (Å²) in [6.07, 6.45) is 14.9. The van der Waals surface area contributed by atoms with E-state index in [0.717, 1.165) is 43.4 Å². The van der Waals surface area contributed by atoms with Gasteiger partial charge in [0.2, 0.25) is 0 Å². The highest BCUT2D eigenvalue weighted by Crippen LogP contribution is 2.66. The highest BCUT2D eigenvalue weighted by Gasteiger charge is 2.61. The molecule has 246 valence electrons. The van der Waals surface area contributed by atoms with Gasteiger partial charge in [-0.2, -0.15) is 0 Å². The topological polar surface area (TPSA) is 88.1 Å². The van der Waals surface area contributed by atoms with Crippen molar-refractivity contribution in [2.45, 2.75) is 137 Å². The molecule has 7 heteroatoms. The standard InChI is InChI=1S/C37H56O7/c1-22(2)9-8-10-23(3)28-11-12-29-35-30(16-18-37(28,29)7)36(6)17-15-27(19-26(36)20-31(35)40)43-34-14-13-32(42-25(5)39)33(44-34)21-41-24(4)38/h13-14,20,22-23,27-30,32-35H,8-12,15-19,21H2,1-7H3/t23-,27?,28-,29+,30+,32+,33-,34?,35+,36+,37-/m1/s1. The summed E-state index contributed by atoms with van der Waals surface area (Å²) in [6, 6.07) is 0. The molecule has 7 nitrogen and oxygen atoms in total. The van der Waals surface area contributed by atoms with Crippen LogP contribution in [0.15, 0.2) is 23.8 Å². The summed E-state index contributed by atoms with van der Waals surface area (Å²) in [5, 5.41) is 0. The normalized spacial score (nSPS) is 40.5. The van der Waals surface area contributed by atoms with Crippen LogP contribution in [0.1, 0.15) is 113 Å². The molecule has 5 aliphatic rings. The Kier molecular flexibility index (Phi) is 10.2. The molecular weight excluding hydrogens is 556 g/mol. The fourth-order valence-electron chi connectivity index (χ4n) is 10.0. The number of hydrogen-bond donors (Lipinski definition) is 0. The smallest absolute Gasteiger partial charge is 0.303 e. The van der Waals surface area contributed by atoms with E-state index < -0.39 is 30.4 Å². The van der Waals surface area contributed by atoms with Gasteiger partial charge < -0.3 is 18.9 Å². The van der Waals surface area contributed by atoms with Gasteiger partial charge >= 0.3 is 11.9 Å². The van der Waals surface area contributed by atoms with E-state index >= 15 is 0 Å². The molecule has 0 saturated heterocycles. The maximum Gasteiger partial charge on any atom is 0.303 e. The minimum Gasteiger partial charge on any atom is -0.463 e. The molecule has 0 aromatic rings. The predicted molar refractivity (Wildman–Crippen MR) is 168 cm³/mol. The second kappa shape index (κ2) is 13.4. The summed E-state index contributed by atoms with van der Waals surface area (Å²) in [4.78, 5) is 37.0. The highest BCUT2D eigenvalue weighted by atomic mass is 16.7. The minimum atomic E-state index is -0.646. The lowest BCUT2D eigenvalue weighted by atomic mass is 9.46. The van der Waals surface area contributed by atoms with Crippen molar-refractivity contribution < 1.29 is 33.3 Å². The monoisotopic (exact) mass is 612 g/mol. The van der Waals surface area contributed by atoms with Crippen molar-refractivity contribution >= 4 is 17.7 Å². The molecule has 44 heavy (non-hydrogen) atoms. The van der Waals surface area contributed by atoms with Crippen LogP contribution < -0.4 is 0 Å². The molecule has 1 heterocycles. The number of ether oxygens (including phenoxy) is 4. The molecule has 1 aliphatic heterocycles. The first-order chi connectivity index (χ1) is 20.8. The molecule has 0 spiro atoms. The van der Waals surface area contributed by atoms with Crippen LogP contribution in [0.25, 0.3) is 0 Å². The summed E-state index contributed by atoms with van der Waals surface area (Å²) in [5.41, 5.74) is 1.55. The molecule has 0 N–H and O–H groups in total. The zero-order valence-corrected chi connectivity index (χ0v) is 28.1. The first kappa shape index (κ1) is 33.4. The van der Waals surface area contributed by atoms with Crippen molar-refractivity contribution in [1.29, 1.82) is 0 Å². The maximum atomic E-state index is 14.0. The van der Waals surface area contributed by atoms with Gasteiger partial charge in [0.15, 0.2) is 12.1 Å². The number of carbonyl (C=O) groups excluding carboxylic acids is 3. The van der Waals surface area contributed by atoms with E-state index in [9.17, 15) is 14.4 Å².